The molecule has 0 bridgehead atoms. The number of aliphatic hydroxyl groups is 1. The molecule has 0 aromatic heterocycles. The van der Waals surface area contributed by atoms with E-state index in [2.05, 4.69) is 29.6 Å². The summed E-state index contributed by atoms with van der Waals surface area (Å²) in [6, 6.07) is 8.60. The van der Waals surface area contributed by atoms with Gasteiger partial charge in [-0.2, -0.15) is 0 Å². The smallest absolute Gasteiger partial charge is 0.0607 e. The van der Waals surface area contributed by atoms with Crippen LogP contribution in [-0.2, 0) is 6.42 Å². The van der Waals surface area contributed by atoms with Crippen molar-refractivity contribution in [2.45, 2.75) is 31.7 Å². The lowest BCUT2D eigenvalue weighted by Crippen LogP contribution is -2.45. The van der Waals surface area contributed by atoms with Gasteiger partial charge in [0.05, 0.1) is 6.61 Å². The summed E-state index contributed by atoms with van der Waals surface area (Å²) in [5.74, 6) is 0.632. The highest BCUT2D eigenvalue weighted by atomic mass is 16.3. The lowest BCUT2D eigenvalue weighted by atomic mass is 9.77. The van der Waals surface area contributed by atoms with Gasteiger partial charge in [0.2, 0.25) is 0 Å². The van der Waals surface area contributed by atoms with Crippen molar-refractivity contribution in [2.24, 2.45) is 0 Å². The van der Waals surface area contributed by atoms with Crippen LogP contribution in [0.3, 0.4) is 0 Å². The van der Waals surface area contributed by atoms with Crippen molar-refractivity contribution in [1.29, 1.82) is 0 Å². The maximum Gasteiger partial charge on any atom is 0.0607 e. The number of nitrogens with one attached hydrogen (secondary N) is 1. The van der Waals surface area contributed by atoms with Crippen LogP contribution in [0.25, 0.3) is 0 Å². The van der Waals surface area contributed by atoms with E-state index in [9.17, 15) is 0 Å². The number of benzene rings is 1. The van der Waals surface area contributed by atoms with E-state index in [4.69, 9.17) is 5.11 Å². The molecule has 2 heteroatoms. The SMILES string of the molecule is CC(C)(CO)NCC1Cc2ccccc21. The van der Waals surface area contributed by atoms with Gasteiger partial charge in [0.1, 0.15) is 0 Å². The molecule has 0 spiro atoms. The second kappa shape index (κ2) is 3.95. The molecule has 0 amide bonds. The quantitative estimate of drug-likeness (QED) is 0.784. The van der Waals surface area contributed by atoms with Crippen molar-refractivity contribution in [2.75, 3.05) is 13.2 Å². The molecule has 0 radical (unpaired) electrons. The molecular weight excluding hydrogens is 186 g/mol. The molecule has 1 aliphatic rings. The molecule has 1 aromatic rings. The fourth-order valence-corrected chi connectivity index (χ4v) is 2.00. The summed E-state index contributed by atoms with van der Waals surface area (Å²) < 4.78 is 0. The van der Waals surface area contributed by atoms with Crippen LogP contribution in [0.1, 0.15) is 30.9 Å². The van der Waals surface area contributed by atoms with Gasteiger partial charge < -0.3 is 10.4 Å². The molecule has 2 N–H and O–H groups in total. The van der Waals surface area contributed by atoms with Gasteiger partial charge in [-0.25, -0.2) is 0 Å². The number of aliphatic hydroxyl groups excluding tert-OH is 1. The Morgan fingerprint density at radius 2 is 2.13 bits per heavy atom. The maximum atomic E-state index is 9.13. The molecule has 2 rings (SSSR count). The summed E-state index contributed by atoms with van der Waals surface area (Å²) in [6.45, 7) is 5.20. The zero-order valence-electron chi connectivity index (χ0n) is 9.46. The minimum atomic E-state index is -0.162. The van der Waals surface area contributed by atoms with Crippen LogP contribution in [0.5, 0.6) is 0 Å². The van der Waals surface area contributed by atoms with Gasteiger partial charge >= 0.3 is 0 Å². The highest BCUT2D eigenvalue weighted by molar-refractivity contribution is 5.40. The van der Waals surface area contributed by atoms with Gasteiger partial charge in [-0.3, -0.25) is 0 Å². The van der Waals surface area contributed by atoms with Crippen molar-refractivity contribution in [1.82, 2.24) is 5.32 Å². The molecule has 0 fully saturated rings. The van der Waals surface area contributed by atoms with Gasteiger partial charge in [0.15, 0.2) is 0 Å². The summed E-state index contributed by atoms with van der Waals surface area (Å²) in [4.78, 5) is 0. The maximum absolute atomic E-state index is 9.13. The first kappa shape index (κ1) is 10.7. The van der Waals surface area contributed by atoms with Gasteiger partial charge in [0.25, 0.3) is 0 Å². The molecule has 1 aromatic carbocycles. The average molecular weight is 205 g/mol. The van der Waals surface area contributed by atoms with Gasteiger partial charge in [-0.05, 0) is 31.4 Å². The lowest BCUT2D eigenvalue weighted by molar-refractivity contribution is 0.185. The van der Waals surface area contributed by atoms with Gasteiger partial charge in [-0.1, -0.05) is 24.3 Å². The molecule has 0 saturated heterocycles. The Morgan fingerprint density at radius 3 is 2.80 bits per heavy atom. The van der Waals surface area contributed by atoms with Crippen LogP contribution >= 0.6 is 0 Å². The minimum Gasteiger partial charge on any atom is -0.394 e. The Hall–Kier alpha value is -0.860. The van der Waals surface area contributed by atoms with Crippen molar-refractivity contribution in [3.8, 4) is 0 Å². The zero-order valence-corrected chi connectivity index (χ0v) is 9.46. The second-order valence-electron chi connectivity index (χ2n) is 5.02. The molecule has 0 heterocycles. The molecule has 0 aliphatic heterocycles. The van der Waals surface area contributed by atoms with E-state index in [1.165, 1.54) is 17.5 Å². The predicted octanol–water partition coefficient (Wildman–Crippen LogP) is 1.69. The van der Waals surface area contributed by atoms with Crippen LogP contribution in [0.4, 0.5) is 0 Å². The number of hydrogen-bond donors (Lipinski definition) is 2. The fraction of sp³-hybridized carbons (Fsp3) is 0.538. The van der Waals surface area contributed by atoms with Crippen molar-refractivity contribution < 1.29 is 5.11 Å². The minimum absolute atomic E-state index is 0.162. The van der Waals surface area contributed by atoms with Crippen molar-refractivity contribution in [3.05, 3.63) is 35.4 Å². The Kier molecular flexibility index (Phi) is 2.81. The van der Waals surface area contributed by atoms with E-state index in [0.717, 1.165) is 6.54 Å². The first-order valence-corrected chi connectivity index (χ1v) is 5.56. The molecule has 1 aliphatic carbocycles. The number of hydrogen-bond acceptors (Lipinski definition) is 2. The normalized spacial score (nSPS) is 19.5. The number of fused-ring (bicyclic) bond motifs is 1. The van der Waals surface area contributed by atoms with E-state index in [-0.39, 0.29) is 12.1 Å². The van der Waals surface area contributed by atoms with E-state index in [1.54, 1.807) is 0 Å². The zero-order chi connectivity index (χ0) is 10.9. The average Bonchev–Trinajstić information content (AvgIpc) is 2.19. The largest absolute Gasteiger partial charge is 0.394 e. The summed E-state index contributed by atoms with van der Waals surface area (Å²) in [6.07, 6.45) is 1.17. The molecule has 82 valence electrons. The third-order valence-corrected chi connectivity index (χ3v) is 3.18. The Morgan fingerprint density at radius 1 is 1.40 bits per heavy atom. The summed E-state index contributed by atoms with van der Waals surface area (Å²) in [5, 5.41) is 12.5. The van der Waals surface area contributed by atoms with Gasteiger partial charge in [-0.15, -0.1) is 0 Å². The molecule has 1 unspecified atom stereocenters. The summed E-state index contributed by atoms with van der Waals surface area (Å²) in [5.41, 5.74) is 2.79. The molecule has 15 heavy (non-hydrogen) atoms. The van der Waals surface area contributed by atoms with Crippen LogP contribution in [0.2, 0.25) is 0 Å². The Labute approximate surface area is 91.3 Å². The summed E-state index contributed by atoms with van der Waals surface area (Å²) in [7, 11) is 0. The molecule has 0 saturated carbocycles. The van der Waals surface area contributed by atoms with Crippen molar-refractivity contribution in [3.63, 3.8) is 0 Å². The lowest BCUT2D eigenvalue weighted by Gasteiger charge is -2.33. The predicted molar refractivity (Wildman–Crippen MR) is 62.1 cm³/mol. The van der Waals surface area contributed by atoms with Crippen molar-refractivity contribution >= 4 is 0 Å². The van der Waals surface area contributed by atoms with Crippen LogP contribution in [0, 0.1) is 0 Å². The van der Waals surface area contributed by atoms with E-state index < -0.39 is 0 Å². The van der Waals surface area contributed by atoms with E-state index >= 15 is 0 Å². The third-order valence-electron chi connectivity index (χ3n) is 3.18. The Balaban J connectivity index is 1.90. The molecular formula is C13H19NO. The third kappa shape index (κ3) is 2.21. The molecule has 1 atom stereocenters. The first-order valence-electron chi connectivity index (χ1n) is 5.56. The first-order chi connectivity index (χ1) is 7.12. The second-order valence-corrected chi connectivity index (χ2v) is 5.02. The number of rotatable bonds is 4. The monoisotopic (exact) mass is 205 g/mol. The standard InChI is InChI=1S/C13H19NO/c1-13(2,9-15)14-8-11-7-10-5-3-4-6-12(10)11/h3-6,11,14-15H,7-9H2,1-2H3. The van der Waals surface area contributed by atoms with Crippen LogP contribution < -0.4 is 5.32 Å². The highest BCUT2D eigenvalue weighted by Crippen LogP contribution is 2.34. The Bertz CT molecular complexity index is 346. The fourth-order valence-electron chi connectivity index (χ4n) is 2.00. The molecule has 2 nitrogen and oxygen atoms in total. The van der Waals surface area contributed by atoms with Crippen LogP contribution in [-0.4, -0.2) is 23.8 Å². The van der Waals surface area contributed by atoms with Crippen LogP contribution in [0.15, 0.2) is 24.3 Å². The van der Waals surface area contributed by atoms with Gasteiger partial charge in [0, 0.05) is 18.0 Å². The van der Waals surface area contributed by atoms with E-state index in [1.807, 2.05) is 13.8 Å². The topological polar surface area (TPSA) is 32.3 Å². The van der Waals surface area contributed by atoms with E-state index in [0.29, 0.717) is 5.92 Å². The summed E-state index contributed by atoms with van der Waals surface area (Å²) >= 11 is 0. The highest BCUT2D eigenvalue weighted by Gasteiger charge is 2.27.